The molecule has 1 atom stereocenters. The lowest BCUT2D eigenvalue weighted by molar-refractivity contribution is -0.0508. The number of piperidine rings is 1. The van der Waals surface area contributed by atoms with E-state index in [9.17, 15) is 8.78 Å². The van der Waals surface area contributed by atoms with Crippen molar-refractivity contribution >= 4 is 11.6 Å². The Morgan fingerprint density at radius 2 is 2.29 bits per heavy atom. The predicted molar refractivity (Wildman–Crippen MR) is 80.1 cm³/mol. The van der Waals surface area contributed by atoms with Crippen LogP contribution in [0.1, 0.15) is 25.3 Å². The first-order valence-corrected chi connectivity index (χ1v) is 7.66. The summed E-state index contributed by atoms with van der Waals surface area (Å²) in [7, 11) is 0. The largest absolute Gasteiger partial charge is 0.434 e. The predicted octanol–water partition coefficient (Wildman–Crippen LogP) is 3.52. The summed E-state index contributed by atoms with van der Waals surface area (Å²) in [6.07, 6.45) is 2.25. The minimum Gasteiger partial charge on any atom is -0.434 e. The number of benzene rings is 1. The zero-order chi connectivity index (χ0) is 15.2. The molecule has 1 heterocycles. The molecule has 0 radical (unpaired) electrons. The Kier molecular flexibility index (Phi) is 6.21. The van der Waals surface area contributed by atoms with E-state index in [1.165, 1.54) is 6.07 Å². The maximum atomic E-state index is 12.5. The minimum absolute atomic E-state index is 0.205. The van der Waals surface area contributed by atoms with Crippen LogP contribution in [0.3, 0.4) is 0 Å². The maximum Gasteiger partial charge on any atom is 0.387 e. The van der Waals surface area contributed by atoms with E-state index < -0.39 is 6.61 Å². The number of ether oxygens (including phenoxy) is 1. The molecule has 6 heteroatoms. The lowest BCUT2D eigenvalue weighted by Crippen LogP contribution is -2.45. The molecule has 1 aromatic rings. The van der Waals surface area contributed by atoms with Crippen LogP contribution in [-0.2, 0) is 6.54 Å². The van der Waals surface area contributed by atoms with E-state index in [0.29, 0.717) is 23.2 Å². The molecule has 0 spiro atoms. The standard InChI is InChI=1S/C15H21ClF2N2O/c1-2-20(13-4-3-7-19-9-13)10-11-8-12(16)5-6-14(11)21-15(17)18/h5-6,8,13,15,19H,2-4,7,9-10H2,1H3. The van der Waals surface area contributed by atoms with Gasteiger partial charge in [-0.2, -0.15) is 8.78 Å². The minimum atomic E-state index is -2.82. The molecule has 1 aliphatic heterocycles. The number of nitrogens with zero attached hydrogens (tertiary/aromatic N) is 1. The number of alkyl halides is 2. The highest BCUT2D eigenvalue weighted by molar-refractivity contribution is 6.30. The summed E-state index contributed by atoms with van der Waals surface area (Å²) in [4.78, 5) is 2.27. The van der Waals surface area contributed by atoms with E-state index in [1.807, 2.05) is 0 Å². The van der Waals surface area contributed by atoms with Gasteiger partial charge in [-0.1, -0.05) is 18.5 Å². The van der Waals surface area contributed by atoms with Gasteiger partial charge in [-0.25, -0.2) is 0 Å². The second-order valence-corrected chi connectivity index (χ2v) is 5.63. The first-order chi connectivity index (χ1) is 10.1. The van der Waals surface area contributed by atoms with Crippen LogP contribution in [0.4, 0.5) is 8.78 Å². The molecule has 21 heavy (non-hydrogen) atoms. The second-order valence-electron chi connectivity index (χ2n) is 5.19. The molecule has 1 N–H and O–H groups in total. The molecule has 2 rings (SSSR count). The number of nitrogens with one attached hydrogen (secondary N) is 1. The molecular formula is C15H21ClF2N2O. The van der Waals surface area contributed by atoms with Gasteiger partial charge in [0.2, 0.25) is 0 Å². The Morgan fingerprint density at radius 1 is 1.48 bits per heavy atom. The summed E-state index contributed by atoms with van der Waals surface area (Å²) >= 11 is 5.99. The van der Waals surface area contributed by atoms with Crippen LogP contribution < -0.4 is 10.1 Å². The van der Waals surface area contributed by atoms with Crippen LogP contribution >= 0.6 is 11.6 Å². The molecule has 1 saturated heterocycles. The lowest BCUT2D eigenvalue weighted by atomic mass is 10.0. The summed E-state index contributed by atoms with van der Waals surface area (Å²) in [6.45, 7) is 2.65. The molecular weight excluding hydrogens is 298 g/mol. The number of hydrogen-bond donors (Lipinski definition) is 1. The fourth-order valence-electron chi connectivity index (χ4n) is 2.75. The van der Waals surface area contributed by atoms with Crippen LogP contribution in [-0.4, -0.2) is 37.2 Å². The molecule has 118 valence electrons. The van der Waals surface area contributed by atoms with Crippen LogP contribution in [0.15, 0.2) is 18.2 Å². The zero-order valence-electron chi connectivity index (χ0n) is 12.1. The summed E-state index contributed by atoms with van der Waals surface area (Å²) in [5.74, 6) is 0.205. The van der Waals surface area contributed by atoms with Crippen LogP contribution in [0, 0.1) is 0 Å². The average molecular weight is 319 g/mol. The summed E-state index contributed by atoms with van der Waals surface area (Å²) < 4.78 is 29.6. The quantitative estimate of drug-likeness (QED) is 0.868. The Morgan fingerprint density at radius 3 is 2.90 bits per heavy atom. The van der Waals surface area contributed by atoms with E-state index in [4.69, 9.17) is 11.6 Å². The van der Waals surface area contributed by atoms with Crippen molar-refractivity contribution in [2.24, 2.45) is 0 Å². The fourth-order valence-corrected chi connectivity index (χ4v) is 2.94. The fraction of sp³-hybridized carbons (Fsp3) is 0.600. The molecule has 0 saturated carbocycles. The van der Waals surface area contributed by atoms with Gasteiger partial charge in [0.25, 0.3) is 0 Å². The third-order valence-electron chi connectivity index (χ3n) is 3.81. The monoisotopic (exact) mass is 318 g/mol. The number of likely N-dealkylation sites (N-methyl/N-ethyl adjacent to an activating group) is 1. The van der Waals surface area contributed by atoms with Crippen molar-refractivity contribution in [3.8, 4) is 5.75 Å². The molecule has 0 bridgehead atoms. The Balaban J connectivity index is 2.13. The van der Waals surface area contributed by atoms with Crippen molar-refractivity contribution < 1.29 is 13.5 Å². The van der Waals surface area contributed by atoms with Gasteiger partial charge in [-0.05, 0) is 44.1 Å². The molecule has 1 aromatic carbocycles. The second kappa shape index (κ2) is 7.92. The van der Waals surface area contributed by atoms with E-state index >= 15 is 0 Å². The lowest BCUT2D eigenvalue weighted by Gasteiger charge is -2.34. The zero-order valence-corrected chi connectivity index (χ0v) is 12.9. The van der Waals surface area contributed by atoms with Crippen molar-refractivity contribution in [2.75, 3.05) is 19.6 Å². The highest BCUT2D eigenvalue weighted by atomic mass is 35.5. The van der Waals surface area contributed by atoms with Crippen molar-refractivity contribution in [3.63, 3.8) is 0 Å². The third kappa shape index (κ3) is 4.80. The first-order valence-electron chi connectivity index (χ1n) is 7.28. The van der Waals surface area contributed by atoms with E-state index in [2.05, 4.69) is 21.9 Å². The van der Waals surface area contributed by atoms with Crippen molar-refractivity contribution in [2.45, 2.75) is 39.0 Å². The van der Waals surface area contributed by atoms with Gasteiger partial charge in [0.05, 0.1) is 0 Å². The van der Waals surface area contributed by atoms with E-state index in [-0.39, 0.29) is 5.75 Å². The SMILES string of the molecule is CCN(Cc1cc(Cl)ccc1OC(F)F)C1CCCNC1. The Labute approximate surface area is 129 Å². The Hall–Kier alpha value is -0.910. The Bertz CT molecular complexity index is 453. The summed E-state index contributed by atoms with van der Waals surface area (Å²) in [5.41, 5.74) is 0.704. The van der Waals surface area contributed by atoms with Crippen molar-refractivity contribution in [1.82, 2.24) is 10.2 Å². The smallest absolute Gasteiger partial charge is 0.387 e. The molecule has 0 aliphatic carbocycles. The van der Waals surface area contributed by atoms with Gasteiger partial charge in [0.1, 0.15) is 5.75 Å². The molecule has 3 nitrogen and oxygen atoms in total. The van der Waals surface area contributed by atoms with E-state index in [1.54, 1.807) is 12.1 Å². The molecule has 0 aromatic heterocycles. The highest BCUT2D eigenvalue weighted by Crippen LogP contribution is 2.27. The van der Waals surface area contributed by atoms with Crippen LogP contribution in [0.5, 0.6) is 5.75 Å². The summed E-state index contributed by atoms with van der Waals surface area (Å²) in [6, 6.07) is 5.21. The average Bonchev–Trinajstić information content (AvgIpc) is 2.48. The normalized spacial score (nSPS) is 19.2. The summed E-state index contributed by atoms with van der Waals surface area (Å²) in [5, 5.41) is 3.91. The molecule has 1 aliphatic rings. The van der Waals surface area contributed by atoms with Gasteiger partial charge in [0, 0.05) is 29.7 Å². The van der Waals surface area contributed by atoms with Crippen molar-refractivity contribution in [1.29, 1.82) is 0 Å². The maximum absolute atomic E-state index is 12.5. The van der Waals surface area contributed by atoms with E-state index in [0.717, 1.165) is 32.5 Å². The van der Waals surface area contributed by atoms with Gasteiger partial charge in [0.15, 0.2) is 0 Å². The highest BCUT2D eigenvalue weighted by Gasteiger charge is 2.21. The van der Waals surface area contributed by atoms with Gasteiger partial charge >= 0.3 is 6.61 Å². The van der Waals surface area contributed by atoms with Crippen LogP contribution in [0.2, 0.25) is 5.02 Å². The molecule has 1 fully saturated rings. The van der Waals surface area contributed by atoms with Crippen LogP contribution in [0.25, 0.3) is 0 Å². The third-order valence-corrected chi connectivity index (χ3v) is 4.04. The van der Waals surface area contributed by atoms with Gasteiger partial charge in [-0.15, -0.1) is 0 Å². The molecule has 0 amide bonds. The van der Waals surface area contributed by atoms with Gasteiger partial charge in [-0.3, -0.25) is 4.90 Å². The van der Waals surface area contributed by atoms with Crippen molar-refractivity contribution in [3.05, 3.63) is 28.8 Å². The van der Waals surface area contributed by atoms with Gasteiger partial charge < -0.3 is 10.1 Å². The number of halogens is 3. The first kappa shape index (κ1) is 16.5. The number of rotatable bonds is 6. The topological polar surface area (TPSA) is 24.5 Å². The molecule has 1 unspecified atom stereocenters. The number of hydrogen-bond acceptors (Lipinski definition) is 3.